The number of benzene rings is 1. The summed E-state index contributed by atoms with van der Waals surface area (Å²) in [5.74, 6) is -1.57. The molecule has 12 heteroatoms. The molecule has 37 heavy (non-hydrogen) atoms. The molecule has 0 spiro atoms. The van der Waals surface area contributed by atoms with Gasteiger partial charge in [-0.15, -0.1) is 0 Å². The molecule has 1 amide bonds. The van der Waals surface area contributed by atoms with Gasteiger partial charge in [-0.1, -0.05) is 6.58 Å². The molecule has 194 valence electrons. The van der Waals surface area contributed by atoms with Gasteiger partial charge < -0.3 is 29.7 Å². The van der Waals surface area contributed by atoms with Crippen molar-refractivity contribution in [2.24, 2.45) is 0 Å². The Kier molecular flexibility index (Phi) is 6.74. The molecular formula is C25H26F2N6O4. The molecule has 2 aliphatic heterocycles. The van der Waals surface area contributed by atoms with E-state index in [2.05, 4.69) is 32.2 Å². The number of aromatic nitrogens is 3. The number of hydrogen-bond acceptors (Lipinski definition) is 9. The third kappa shape index (κ3) is 4.59. The fourth-order valence-electron chi connectivity index (χ4n) is 4.33. The number of halogens is 2. The minimum absolute atomic E-state index is 0.0716. The Balaban J connectivity index is 1.56. The maximum atomic E-state index is 15.2. The van der Waals surface area contributed by atoms with Gasteiger partial charge in [-0.25, -0.2) is 23.7 Å². The first-order chi connectivity index (χ1) is 17.9. The van der Waals surface area contributed by atoms with Gasteiger partial charge in [-0.05, 0) is 18.6 Å². The third-order valence-corrected chi connectivity index (χ3v) is 6.44. The summed E-state index contributed by atoms with van der Waals surface area (Å²) < 4.78 is 46.2. The molecule has 3 aromatic rings. The van der Waals surface area contributed by atoms with Crippen molar-refractivity contribution in [3.8, 4) is 22.8 Å². The average Bonchev–Trinajstić information content (AvgIpc) is 3.29. The molecule has 1 aromatic carbocycles. The zero-order valence-corrected chi connectivity index (χ0v) is 20.4. The monoisotopic (exact) mass is 512 g/mol. The highest BCUT2D eigenvalue weighted by Gasteiger charge is 2.31. The number of pyridine rings is 1. The lowest BCUT2D eigenvalue weighted by Crippen LogP contribution is -2.45. The van der Waals surface area contributed by atoms with E-state index >= 15 is 8.78 Å². The summed E-state index contributed by atoms with van der Waals surface area (Å²) in [5, 5.41) is 6.59. The SMILES string of the molecule is C=CC(=O)N[C@H]1COC[C@H]1Nc1ncc2cc(-c3c(F)c(OC)cc(OC)c3F)nc(N3CCC3)c2n1. The molecule has 5 rings (SSSR count). The Morgan fingerprint density at radius 2 is 1.84 bits per heavy atom. The Labute approximate surface area is 211 Å². The number of rotatable bonds is 8. The van der Waals surface area contributed by atoms with Gasteiger partial charge in [0, 0.05) is 30.7 Å². The second-order valence-corrected chi connectivity index (χ2v) is 8.69. The van der Waals surface area contributed by atoms with E-state index in [-0.39, 0.29) is 40.7 Å². The van der Waals surface area contributed by atoms with Crippen LogP contribution in [0.4, 0.5) is 20.5 Å². The van der Waals surface area contributed by atoms with Crippen LogP contribution in [0.1, 0.15) is 6.42 Å². The maximum Gasteiger partial charge on any atom is 0.243 e. The lowest BCUT2D eigenvalue weighted by Gasteiger charge is -2.33. The van der Waals surface area contributed by atoms with E-state index < -0.39 is 11.6 Å². The number of nitrogens with one attached hydrogen (secondary N) is 2. The predicted molar refractivity (Wildman–Crippen MR) is 133 cm³/mol. The first-order valence-corrected chi connectivity index (χ1v) is 11.7. The smallest absolute Gasteiger partial charge is 0.243 e. The fourth-order valence-corrected chi connectivity index (χ4v) is 4.33. The molecule has 0 unspecified atom stereocenters. The molecule has 0 bridgehead atoms. The summed E-state index contributed by atoms with van der Waals surface area (Å²) in [6, 6.07) is 2.15. The number of carbonyl (C=O) groups is 1. The van der Waals surface area contributed by atoms with Crippen LogP contribution in [0.3, 0.4) is 0 Å². The number of amides is 1. The second kappa shape index (κ2) is 10.1. The van der Waals surface area contributed by atoms with Crippen molar-refractivity contribution < 1.29 is 27.8 Å². The van der Waals surface area contributed by atoms with Crippen LogP contribution in [-0.2, 0) is 9.53 Å². The highest BCUT2D eigenvalue weighted by Crippen LogP contribution is 2.39. The summed E-state index contributed by atoms with van der Waals surface area (Å²) in [6.45, 7) is 5.64. The number of carbonyl (C=O) groups excluding carboxylic acids is 1. The minimum atomic E-state index is -0.879. The van der Waals surface area contributed by atoms with E-state index in [0.717, 1.165) is 25.6 Å². The summed E-state index contributed by atoms with van der Waals surface area (Å²) in [5.41, 5.74) is 0.246. The van der Waals surface area contributed by atoms with Crippen LogP contribution in [0.5, 0.6) is 11.5 Å². The van der Waals surface area contributed by atoms with E-state index in [1.54, 1.807) is 6.20 Å². The minimum Gasteiger partial charge on any atom is -0.494 e. The Morgan fingerprint density at radius 1 is 1.14 bits per heavy atom. The number of nitrogens with zero attached hydrogens (tertiary/aromatic N) is 4. The Hall–Kier alpha value is -4.06. The molecular weight excluding hydrogens is 486 g/mol. The highest BCUT2D eigenvalue weighted by atomic mass is 19.1. The Morgan fingerprint density at radius 3 is 2.46 bits per heavy atom. The van der Waals surface area contributed by atoms with E-state index in [0.29, 0.717) is 35.9 Å². The topological polar surface area (TPSA) is 111 Å². The summed E-state index contributed by atoms with van der Waals surface area (Å²) >= 11 is 0. The molecule has 2 N–H and O–H groups in total. The summed E-state index contributed by atoms with van der Waals surface area (Å²) in [7, 11) is 2.59. The van der Waals surface area contributed by atoms with Gasteiger partial charge in [0.2, 0.25) is 11.9 Å². The van der Waals surface area contributed by atoms with Crippen LogP contribution in [0, 0.1) is 11.6 Å². The second-order valence-electron chi connectivity index (χ2n) is 8.69. The first-order valence-electron chi connectivity index (χ1n) is 11.7. The molecule has 4 heterocycles. The number of ether oxygens (including phenoxy) is 3. The highest BCUT2D eigenvalue weighted by molar-refractivity contribution is 5.92. The first kappa shape index (κ1) is 24.6. The van der Waals surface area contributed by atoms with Crippen LogP contribution in [0.25, 0.3) is 22.2 Å². The van der Waals surface area contributed by atoms with Crippen molar-refractivity contribution in [3.05, 3.63) is 42.6 Å². The zero-order valence-electron chi connectivity index (χ0n) is 20.4. The molecule has 0 saturated carbocycles. The molecule has 2 atom stereocenters. The van der Waals surface area contributed by atoms with Crippen molar-refractivity contribution in [2.75, 3.05) is 50.7 Å². The van der Waals surface area contributed by atoms with E-state index in [1.165, 1.54) is 26.4 Å². The largest absolute Gasteiger partial charge is 0.494 e. The third-order valence-electron chi connectivity index (χ3n) is 6.44. The van der Waals surface area contributed by atoms with E-state index in [1.807, 2.05) is 4.90 Å². The van der Waals surface area contributed by atoms with Gasteiger partial charge in [0.1, 0.15) is 5.52 Å². The van der Waals surface area contributed by atoms with Gasteiger partial charge in [0.25, 0.3) is 0 Å². The van der Waals surface area contributed by atoms with Gasteiger partial charge >= 0.3 is 0 Å². The molecule has 0 aliphatic carbocycles. The predicted octanol–water partition coefficient (Wildman–Crippen LogP) is 2.68. The average molecular weight is 513 g/mol. The number of fused-ring (bicyclic) bond motifs is 1. The van der Waals surface area contributed by atoms with Gasteiger partial charge in [-0.3, -0.25) is 4.79 Å². The fraction of sp³-hybridized carbons (Fsp3) is 0.360. The summed E-state index contributed by atoms with van der Waals surface area (Å²) in [6.07, 6.45) is 3.73. The summed E-state index contributed by atoms with van der Waals surface area (Å²) in [4.78, 5) is 27.4. The van der Waals surface area contributed by atoms with Crippen LogP contribution in [0.15, 0.2) is 31.0 Å². The molecule has 2 saturated heterocycles. The van der Waals surface area contributed by atoms with E-state index in [9.17, 15) is 4.79 Å². The molecule has 2 fully saturated rings. The van der Waals surface area contributed by atoms with Crippen molar-refractivity contribution in [2.45, 2.75) is 18.5 Å². The van der Waals surface area contributed by atoms with Crippen molar-refractivity contribution in [1.29, 1.82) is 0 Å². The Bertz CT molecular complexity index is 1340. The van der Waals surface area contributed by atoms with Crippen LogP contribution < -0.4 is 25.0 Å². The van der Waals surface area contributed by atoms with Crippen molar-refractivity contribution in [3.63, 3.8) is 0 Å². The van der Waals surface area contributed by atoms with Crippen molar-refractivity contribution in [1.82, 2.24) is 20.3 Å². The standard InChI is InChI=1S/C25H26F2N6O4/c1-4-19(34)29-15-11-37-12-16(15)31-25-28-10-13-8-14(30-24(23(13)32-25)33-6-5-7-33)20-21(26)17(35-2)9-18(36-3)22(20)27/h4,8-10,15-16H,1,5-7,11-12H2,2-3H3,(H,29,34)(H,28,31,32)/t15-,16+/m0/s1. The van der Waals surface area contributed by atoms with E-state index in [4.69, 9.17) is 14.2 Å². The molecule has 2 aromatic heterocycles. The lowest BCUT2D eigenvalue weighted by atomic mass is 10.1. The molecule has 2 aliphatic rings. The number of anilines is 2. The van der Waals surface area contributed by atoms with Gasteiger partial charge in [0.15, 0.2) is 29.0 Å². The van der Waals surface area contributed by atoms with Crippen LogP contribution >= 0.6 is 0 Å². The molecule has 10 nitrogen and oxygen atoms in total. The maximum absolute atomic E-state index is 15.2. The normalized spacial score (nSPS) is 18.9. The quantitative estimate of drug-likeness (QED) is 0.440. The van der Waals surface area contributed by atoms with Crippen LogP contribution in [-0.4, -0.2) is 73.5 Å². The van der Waals surface area contributed by atoms with Gasteiger partial charge in [-0.2, -0.15) is 0 Å². The number of methoxy groups -OCH3 is 2. The van der Waals surface area contributed by atoms with Crippen molar-refractivity contribution >= 4 is 28.6 Å². The van der Waals surface area contributed by atoms with Gasteiger partial charge in [0.05, 0.1) is 50.8 Å². The zero-order chi connectivity index (χ0) is 26.1. The lowest BCUT2D eigenvalue weighted by molar-refractivity contribution is -0.117. The molecule has 0 radical (unpaired) electrons. The number of hydrogen-bond donors (Lipinski definition) is 2. The van der Waals surface area contributed by atoms with Crippen LogP contribution in [0.2, 0.25) is 0 Å².